The topological polar surface area (TPSA) is 84.8 Å². The Labute approximate surface area is 157 Å². The van der Waals surface area contributed by atoms with Crippen LogP contribution < -0.4 is 10.2 Å². The van der Waals surface area contributed by atoms with Crippen molar-refractivity contribution in [2.24, 2.45) is 0 Å². The number of nitriles is 1. The van der Waals surface area contributed by atoms with Crippen LogP contribution in [0.1, 0.15) is 15.9 Å². The zero-order valence-corrected chi connectivity index (χ0v) is 14.5. The molecule has 0 bridgehead atoms. The number of halogens is 3. The predicted octanol–water partition coefficient (Wildman–Crippen LogP) is 3.80. The molecule has 0 aliphatic carbocycles. The molecule has 3 aromatic rings. The highest BCUT2D eigenvalue weighted by Crippen LogP contribution is 2.32. The van der Waals surface area contributed by atoms with Crippen molar-refractivity contribution in [3.8, 4) is 6.07 Å². The Balaban J connectivity index is 1.58. The van der Waals surface area contributed by atoms with E-state index < -0.39 is 24.9 Å². The van der Waals surface area contributed by atoms with Crippen molar-refractivity contribution < 1.29 is 13.6 Å². The number of aromatic amines is 1. The van der Waals surface area contributed by atoms with Crippen LogP contribution in [0.15, 0.2) is 36.7 Å². The van der Waals surface area contributed by atoms with Crippen molar-refractivity contribution in [2.75, 3.05) is 23.3 Å². The molecule has 1 fully saturated rings. The lowest BCUT2D eigenvalue weighted by Gasteiger charge is -2.39. The molecule has 3 heterocycles. The van der Waals surface area contributed by atoms with Gasteiger partial charge in [-0.1, -0.05) is 11.6 Å². The molecule has 6 nitrogen and oxygen atoms in total. The van der Waals surface area contributed by atoms with Gasteiger partial charge in [0.25, 0.3) is 11.8 Å². The first-order valence-corrected chi connectivity index (χ1v) is 8.35. The molecule has 0 spiro atoms. The normalized spacial score (nSPS) is 15.3. The summed E-state index contributed by atoms with van der Waals surface area (Å²) in [6.45, 7) is -0.980. The number of alkyl halides is 2. The molecule has 1 saturated heterocycles. The first kappa shape index (κ1) is 17.2. The number of nitrogens with one attached hydrogen (secondary N) is 2. The van der Waals surface area contributed by atoms with Gasteiger partial charge in [-0.3, -0.25) is 4.79 Å². The van der Waals surface area contributed by atoms with Crippen LogP contribution >= 0.6 is 11.6 Å². The fourth-order valence-corrected chi connectivity index (χ4v) is 3.14. The van der Waals surface area contributed by atoms with Crippen LogP contribution in [0.3, 0.4) is 0 Å². The lowest BCUT2D eigenvalue weighted by molar-refractivity contribution is -0.0267. The average molecular weight is 388 g/mol. The van der Waals surface area contributed by atoms with Crippen molar-refractivity contribution >= 4 is 39.9 Å². The minimum atomic E-state index is -2.78. The van der Waals surface area contributed by atoms with E-state index >= 15 is 0 Å². The fourth-order valence-electron chi connectivity index (χ4n) is 2.97. The van der Waals surface area contributed by atoms with Gasteiger partial charge in [-0.15, -0.1) is 0 Å². The second kappa shape index (κ2) is 6.21. The molecule has 4 rings (SSSR count). The van der Waals surface area contributed by atoms with E-state index in [2.05, 4.69) is 15.3 Å². The maximum atomic E-state index is 13.1. The highest BCUT2D eigenvalue weighted by molar-refractivity contribution is 6.31. The molecule has 27 heavy (non-hydrogen) atoms. The third-order valence-electron chi connectivity index (χ3n) is 4.29. The monoisotopic (exact) mass is 387 g/mol. The van der Waals surface area contributed by atoms with Crippen molar-refractivity contribution in [3.05, 3.63) is 52.8 Å². The largest absolute Gasteiger partial charge is 0.359 e. The molecule has 0 radical (unpaired) electrons. The van der Waals surface area contributed by atoms with Crippen molar-refractivity contribution in [1.82, 2.24) is 9.97 Å². The van der Waals surface area contributed by atoms with Crippen LogP contribution in [-0.4, -0.2) is 34.9 Å². The molecular formula is C18H12ClF2N5O. The number of H-pyrrole nitrogens is 1. The highest BCUT2D eigenvalue weighted by Gasteiger charge is 2.45. The van der Waals surface area contributed by atoms with Crippen molar-refractivity contribution in [2.45, 2.75) is 5.92 Å². The summed E-state index contributed by atoms with van der Waals surface area (Å²) < 4.78 is 26.1. The van der Waals surface area contributed by atoms with E-state index in [4.69, 9.17) is 11.6 Å². The van der Waals surface area contributed by atoms with Crippen LogP contribution in [0, 0.1) is 11.3 Å². The number of nitrogens with zero attached hydrogens (tertiary/aromatic N) is 3. The molecule has 0 unspecified atom stereocenters. The molecule has 2 N–H and O–H groups in total. The Morgan fingerprint density at radius 2 is 2.15 bits per heavy atom. The first-order chi connectivity index (χ1) is 12.9. The van der Waals surface area contributed by atoms with Gasteiger partial charge in [-0.25, -0.2) is 13.8 Å². The molecule has 1 aliphatic heterocycles. The van der Waals surface area contributed by atoms with Gasteiger partial charge >= 0.3 is 0 Å². The van der Waals surface area contributed by atoms with Crippen molar-refractivity contribution in [1.29, 1.82) is 5.26 Å². The van der Waals surface area contributed by atoms with Gasteiger partial charge in [0, 0.05) is 28.3 Å². The smallest absolute Gasteiger partial charge is 0.282 e. The summed E-state index contributed by atoms with van der Waals surface area (Å²) in [7, 11) is 0. The summed E-state index contributed by atoms with van der Waals surface area (Å²) in [4.78, 5) is 20.9. The second-order valence-electron chi connectivity index (χ2n) is 6.27. The summed E-state index contributed by atoms with van der Waals surface area (Å²) in [6.07, 6.45) is 2.90. The maximum Gasteiger partial charge on any atom is 0.282 e. The summed E-state index contributed by atoms with van der Waals surface area (Å²) in [6, 6.07) is 8.49. The van der Waals surface area contributed by atoms with Crippen molar-refractivity contribution in [3.63, 3.8) is 0 Å². The maximum absolute atomic E-state index is 13.1. The van der Waals surface area contributed by atoms with Crippen LogP contribution in [-0.2, 0) is 0 Å². The Hall–Kier alpha value is -3.18. The summed E-state index contributed by atoms with van der Waals surface area (Å²) in [5.74, 6) is -3.10. The van der Waals surface area contributed by atoms with Gasteiger partial charge in [0.15, 0.2) is 0 Å². The molecule has 9 heteroatoms. The number of benzene rings is 1. The number of hydrogen-bond acceptors (Lipinski definition) is 4. The molecular weight excluding hydrogens is 376 g/mol. The van der Waals surface area contributed by atoms with E-state index in [0.717, 1.165) is 10.9 Å². The highest BCUT2D eigenvalue weighted by atomic mass is 35.5. The number of hydrogen-bond donors (Lipinski definition) is 2. The van der Waals surface area contributed by atoms with Gasteiger partial charge < -0.3 is 15.2 Å². The SMILES string of the molecule is N#Cc1cc(C(=O)Nc2c[nH]c3ccc(Cl)cc23)cnc1N1CC(F)(F)C1. The fraction of sp³-hybridized carbons (Fsp3) is 0.167. The van der Waals surface area contributed by atoms with Gasteiger partial charge in [0.2, 0.25) is 0 Å². The van der Waals surface area contributed by atoms with E-state index in [1.807, 2.05) is 6.07 Å². The third-order valence-corrected chi connectivity index (χ3v) is 4.52. The second-order valence-corrected chi connectivity index (χ2v) is 6.70. The lowest BCUT2D eigenvalue weighted by Crippen LogP contribution is -2.56. The summed E-state index contributed by atoms with van der Waals surface area (Å²) >= 11 is 6.00. The Morgan fingerprint density at radius 3 is 2.85 bits per heavy atom. The Kier molecular flexibility index (Phi) is 3.97. The number of rotatable bonds is 3. The van der Waals surface area contributed by atoms with Gasteiger partial charge in [0.05, 0.1) is 29.9 Å². The first-order valence-electron chi connectivity index (χ1n) is 7.97. The van der Waals surface area contributed by atoms with Gasteiger partial charge in [-0.05, 0) is 24.3 Å². The van der Waals surface area contributed by atoms with E-state index in [1.54, 1.807) is 24.4 Å². The quantitative estimate of drug-likeness (QED) is 0.716. The Bertz CT molecular complexity index is 1100. The number of fused-ring (bicyclic) bond motifs is 1. The van der Waals surface area contributed by atoms with E-state index in [0.29, 0.717) is 10.7 Å². The minimum absolute atomic E-state index is 0.0696. The molecule has 1 amide bonds. The van der Waals surface area contributed by atoms with E-state index in [-0.39, 0.29) is 16.9 Å². The zero-order chi connectivity index (χ0) is 19.2. The number of amides is 1. The number of aromatic nitrogens is 2. The molecule has 2 aromatic heterocycles. The number of carbonyl (C=O) groups excluding carboxylic acids is 1. The number of carbonyl (C=O) groups is 1. The number of pyridine rings is 1. The molecule has 136 valence electrons. The molecule has 0 atom stereocenters. The van der Waals surface area contributed by atoms with Crippen LogP contribution in [0.25, 0.3) is 10.9 Å². The van der Waals surface area contributed by atoms with Crippen LogP contribution in [0.2, 0.25) is 5.02 Å². The zero-order valence-electron chi connectivity index (χ0n) is 13.8. The molecule has 0 saturated carbocycles. The standard InChI is InChI=1S/C18H12ClF2N5O/c19-12-1-2-14-13(4-12)15(7-23-14)25-17(27)11-3-10(5-22)16(24-6-11)26-8-18(20,21)9-26/h1-4,6-7,23H,8-9H2,(H,25,27). The Morgan fingerprint density at radius 1 is 1.37 bits per heavy atom. The van der Waals surface area contributed by atoms with E-state index in [1.165, 1.54) is 17.2 Å². The average Bonchev–Trinajstić information content (AvgIpc) is 3.01. The third kappa shape index (κ3) is 3.17. The van der Waals surface area contributed by atoms with Gasteiger partial charge in [-0.2, -0.15) is 5.26 Å². The van der Waals surface area contributed by atoms with Gasteiger partial charge in [0.1, 0.15) is 11.9 Å². The summed E-state index contributed by atoms with van der Waals surface area (Å²) in [5.41, 5.74) is 1.56. The number of anilines is 2. The van der Waals surface area contributed by atoms with Crippen LogP contribution in [0.5, 0.6) is 0 Å². The summed E-state index contributed by atoms with van der Waals surface area (Å²) in [5, 5.41) is 13.3. The predicted molar refractivity (Wildman–Crippen MR) is 97.4 cm³/mol. The molecule has 1 aromatic carbocycles. The lowest BCUT2D eigenvalue weighted by atomic mass is 10.1. The van der Waals surface area contributed by atoms with Crippen LogP contribution in [0.4, 0.5) is 20.3 Å². The minimum Gasteiger partial charge on any atom is -0.359 e. The van der Waals surface area contributed by atoms with E-state index in [9.17, 15) is 18.8 Å². The molecule has 1 aliphatic rings.